The van der Waals surface area contributed by atoms with Crippen molar-refractivity contribution in [2.75, 3.05) is 11.9 Å². The zero-order valence-corrected chi connectivity index (χ0v) is 18.2. The summed E-state index contributed by atoms with van der Waals surface area (Å²) in [5, 5.41) is 41.9. The Labute approximate surface area is 187 Å². The highest BCUT2D eigenvalue weighted by Gasteiger charge is 2.44. The van der Waals surface area contributed by atoms with E-state index < -0.39 is 37.3 Å². The average Bonchev–Trinajstić information content (AvgIpc) is 2.79. The summed E-state index contributed by atoms with van der Waals surface area (Å²) in [4.78, 5) is 12.2. The lowest BCUT2D eigenvalue weighted by molar-refractivity contribution is -0.277. The molecule has 174 valence electrons. The molecule has 1 heterocycles. The molecule has 2 aromatic carbocycles. The lowest BCUT2D eigenvalue weighted by atomic mass is 9.99. The number of hydrogen-bond donors (Lipinski definition) is 5. The maximum atomic E-state index is 12.2. The van der Waals surface area contributed by atoms with Crippen LogP contribution in [-0.2, 0) is 16.0 Å². The van der Waals surface area contributed by atoms with Crippen molar-refractivity contribution in [1.82, 2.24) is 0 Å². The molecule has 1 saturated heterocycles. The van der Waals surface area contributed by atoms with Crippen molar-refractivity contribution in [3.8, 4) is 5.75 Å². The van der Waals surface area contributed by atoms with Crippen molar-refractivity contribution in [2.24, 2.45) is 0 Å². The summed E-state index contributed by atoms with van der Waals surface area (Å²) >= 11 is 0. The Bertz CT molecular complexity index is 867. The monoisotopic (exact) mass is 445 g/mol. The quantitative estimate of drug-likeness (QED) is 0.417. The molecule has 8 heteroatoms. The van der Waals surface area contributed by atoms with Crippen molar-refractivity contribution >= 4 is 11.6 Å². The number of aryl methyl sites for hydroxylation is 1. The first-order valence-electron chi connectivity index (χ1n) is 10.7. The fourth-order valence-corrected chi connectivity index (χ4v) is 3.47. The van der Waals surface area contributed by atoms with E-state index in [0.717, 1.165) is 11.3 Å². The summed E-state index contributed by atoms with van der Waals surface area (Å²) < 4.78 is 10.9. The molecule has 0 saturated carbocycles. The first-order chi connectivity index (χ1) is 15.3. The molecule has 0 aromatic heterocycles. The molecule has 0 radical (unpaired) electrons. The highest BCUT2D eigenvalue weighted by molar-refractivity contribution is 5.90. The van der Waals surface area contributed by atoms with Gasteiger partial charge in [0.25, 0.3) is 0 Å². The number of benzene rings is 2. The van der Waals surface area contributed by atoms with Crippen LogP contribution in [0.15, 0.2) is 48.5 Å². The van der Waals surface area contributed by atoms with Crippen LogP contribution in [0.3, 0.4) is 0 Å². The third-order valence-electron chi connectivity index (χ3n) is 5.53. The minimum atomic E-state index is -1.50. The Morgan fingerprint density at radius 3 is 2.25 bits per heavy atom. The number of amides is 1. The topological polar surface area (TPSA) is 128 Å². The van der Waals surface area contributed by atoms with Crippen LogP contribution in [-0.4, -0.2) is 63.6 Å². The van der Waals surface area contributed by atoms with E-state index >= 15 is 0 Å². The number of carbonyl (C=O) groups is 1. The van der Waals surface area contributed by atoms with E-state index in [0.29, 0.717) is 24.5 Å². The average molecular weight is 446 g/mol. The van der Waals surface area contributed by atoms with Gasteiger partial charge >= 0.3 is 0 Å². The van der Waals surface area contributed by atoms with E-state index in [1.54, 1.807) is 24.3 Å². The van der Waals surface area contributed by atoms with Gasteiger partial charge in [-0.05, 0) is 47.7 Å². The van der Waals surface area contributed by atoms with Crippen LogP contribution in [0.5, 0.6) is 5.75 Å². The minimum Gasteiger partial charge on any atom is -0.462 e. The standard InChI is InChI=1S/C24H31NO7/c1-14(2)16-6-8-17(9-7-16)25-20(27)12-5-15-3-10-18(11-4-15)31-24-23(30)22(29)21(28)19(13-26)32-24/h3-4,6-11,14,19,21-24,26,28-30H,5,12-13H2,1-2H3,(H,25,27). The van der Waals surface area contributed by atoms with E-state index in [1.807, 2.05) is 24.3 Å². The summed E-state index contributed by atoms with van der Waals surface area (Å²) in [5.41, 5.74) is 2.91. The molecule has 5 atom stereocenters. The van der Waals surface area contributed by atoms with E-state index in [2.05, 4.69) is 19.2 Å². The fourth-order valence-electron chi connectivity index (χ4n) is 3.47. The van der Waals surface area contributed by atoms with Gasteiger partial charge in [-0.3, -0.25) is 4.79 Å². The van der Waals surface area contributed by atoms with E-state index in [-0.39, 0.29) is 5.91 Å². The van der Waals surface area contributed by atoms with E-state index in [1.165, 1.54) is 5.56 Å². The Hall–Kier alpha value is -2.49. The molecule has 0 bridgehead atoms. The number of carbonyl (C=O) groups excluding carboxylic acids is 1. The Morgan fingerprint density at radius 1 is 1.00 bits per heavy atom. The molecule has 32 heavy (non-hydrogen) atoms. The van der Waals surface area contributed by atoms with Gasteiger partial charge in [-0.25, -0.2) is 0 Å². The molecule has 5 N–H and O–H groups in total. The highest BCUT2D eigenvalue weighted by atomic mass is 16.7. The lowest BCUT2D eigenvalue weighted by Gasteiger charge is -2.39. The first kappa shape index (κ1) is 24.2. The summed E-state index contributed by atoms with van der Waals surface area (Å²) in [5.74, 6) is 0.740. The number of aliphatic hydroxyl groups excluding tert-OH is 4. The molecule has 1 amide bonds. The predicted octanol–water partition coefficient (Wildman–Crippen LogP) is 1.56. The van der Waals surface area contributed by atoms with Crippen LogP contribution in [0, 0.1) is 0 Å². The van der Waals surface area contributed by atoms with Crippen LogP contribution in [0.25, 0.3) is 0 Å². The maximum absolute atomic E-state index is 12.2. The number of aliphatic hydroxyl groups is 4. The molecule has 8 nitrogen and oxygen atoms in total. The second-order valence-corrected chi connectivity index (χ2v) is 8.28. The maximum Gasteiger partial charge on any atom is 0.229 e. The summed E-state index contributed by atoms with van der Waals surface area (Å²) in [6.07, 6.45) is -5.80. The van der Waals surface area contributed by atoms with Crippen molar-refractivity contribution in [3.63, 3.8) is 0 Å². The van der Waals surface area contributed by atoms with Crippen molar-refractivity contribution < 1.29 is 34.7 Å². The second kappa shape index (κ2) is 10.9. The normalized spacial score (nSPS) is 25.5. The zero-order chi connectivity index (χ0) is 23.3. The fraction of sp³-hybridized carbons (Fsp3) is 0.458. The van der Waals surface area contributed by atoms with Crippen LogP contribution in [0.4, 0.5) is 5.69 Å². The van der Waals surface area contributed by atoms with Gasteiger partial charge in [-0.2, -0.15) is 0 Å². The van der Waals surface area contributed by atoms with Gasteiger partial charge in [0, 0.05) is 12.1 Å². The molecule has 1 aliphatic rings. The van der Waals surface area contributed by atoms with Crippen molar-refractivity contribution in [1.29, 1.82) is 0 Å². The van der Waals surface area contributed by atoms with Crippen LogP contribution >= 0.6 is 0 Å². The number of ether oxygens (including phenoxy) is 2. The van der Waals surface area contributed by atoms with E-state index in [4.69, 9.17) is 9.47 Å². The van der Waals surface area contributed by atoms with Gasteiger partial charge in [0.2, 0.25) is 12.2 Å². The first-order valence-corrected chi connectivity index (χ1v) is 10.7. The van der Waals surface area contributed by atoms with Crippen LogP contribution in [0.1, 0.15) is 37.3 Å². The van der Waals surface area contributed by atoms with E-state index in [9.17, 15) is 25.2 Å². The third-order valence-corrected chi connectivity index (χ3v) is 5.53. The molecule has 1 fully saturated rings. The van der Waals surface area contributed by atoms with Gasteiger partial charge in [-0.1, -0.05) is 38.1 Å². The minimum absolute atomic E-state index is 0.0797. The Kier molecular flexibility index (Phi) is 8.22. The molecule has 0 aliphatic carbocycles. The van der Waals surface area contributed by atoms with Gasteiger partial charge in [0.05, 0.1) is 6.61 Å². The largest absolute Gasteiger partial charge is 0.462 e. The molecule has 1 aliphatic heterocycles. The smallest absolute Gasteiger partial charge is 0.229 e. The number of nitrogens with one attached hydrogen (secondary N) is 1. The molecular formula is C24H31NO7. The Balaban J connectivity index is 1.49. The number of rotatable bonds is 8. The summed E-state index contributed by atoms with van der Waals surface area (Å²) in [6, 6.07) is 14.7. The highest BCUT2D eigenvalue weighted by Crippen LogP contribution is 2.25. The summed E-state index contributed by atoms with van der Waals surface area (Å²) in [7, 11) is 0. The molecule has 2 aromatic rings. The molecule has 0 spiro atoms. The van der Waals surface area contributed by atoms with Crippen LogP contribution in [0.2, 0.25) is 0 Å². The van der Waals surface area contributed by atoms with Gasteiger partial charge in [0.15, 0.2) is 0 Å². The zero-order valence-electron chi connectivity index (χ0n) is 18.2. The summed E-state index contributed by atoms with van der Waals surface area (Å²) in [6.45, 7) is 3.72. The van der Waals surface area contributed by atoms with Gasteiger partial charge in [0.1, 0.15) is 30.2 Å². The molecular weight excluding hydrogens is 414 g/mol. The molecule has 3 rings (SSSR count). The number of hydrogen-bond acceptors (Lipinski definition) is 7. The van der Waals surface area contributed by atoms with Crippen LogP contribution < -0.4 is 10.1 Å². The molecule has 5 unspecified atom stereocenters. The van der Waals surface area contributed by atoms with Crippen molar-refractivity contribution in [3.05, 3.63) is 59.7 Å². The Morgan fingerprint density at radius 2 is 1.66 bits per heavy atom. The van der Waals surface area contributed by atoms with Gasteiger partial charge in [-0.15, -0.1) is 0 Å². The SMILES string of the molecule is CC(C)c1ccc(NC(=O)CCc2ccc(OC3OC(CO)C(O)C(O)C3O)cc2)cc1. The number of anilines is 1. The lowest BCUT2D eigenvalue weighted by Crippen LogP contribution is -2.60. The second-order valence-electron chi connectivity index (χ2n) is 8.28. The van der Waals surface area contributed by atoms with Crippen molar-refractivity contribution in [2.45, 2.75) is 63.3 Å². The predicted molar refractivity (Wildman–Crippen MR) is 118 cm³/mol. The van der Waals surface area contributed by atoms with Gasteiger partial charge < -0.3 is 35.2 Å². The third kappa shape index (κ3) is 6.05.